The molecule has 0 saturated heterocycles. The van der Waals surface area contributed by atoms with Gasteiger partial charge in [-0.05, 0) is 52.7 Å². The van der Waals surface area contributed by atoms with Crippen molar-refractivity contribution in [1.82, 2.24) is 0 Å². The average molecular weight is 361 g/mol. The Morgan fingerprint density at radius 2 is 1.64 bits per heavy atom. The Morgan fingerprint density at radius 3 is 2.28 bits per heavy atom. The molecular weight excluding hydrogens is 349 g/mol. The number of rotatable bonds is 4. The van der Waals surface area contributed by atoms with Gasteiger partial charge in [-0.1, -0.05) is 24.3 Å². The van der Waals surface area contributed by atoms with Crippen LogP contribution in [0.25, 0.3) is 10.8 Å². The van der Waals surface area contributed by atoms with E-state index < -0.39 is 10.1 Å². The van der Waals surface area contributed by atoms with Crippen molar-refractivity contribution in [2.75, 3.05) is 0 Å². The van der Waals surface area contributed by atoms with Crippen LogP contribution in [0.4, 0.5) is 0 Å². The van der Waals surface area contributed by atoms with Gasteiger partial charge in [0, 0.05) is 0 Å². The molecule has 0 saturated carbocycles. The maximum Gasteiger partial charge on any atom is 1.00 e. The summed E-state index contributed by atoms with van der Waals surface area (Å²) in [6, 6.07) is 18.6. The molecular formula is C18H12NNaO4S. The molecule has 0 radical (unpaired) electrons. The van der Waals surface area contributed by atoms with E-state index in [1.165, 1.54) is 12.1 Å². The van der Waals surface area contributed by atoms with Crippen molar-refractivity contribution in [3.8, 4) is 11.8 Å². The fourth-order valence-corrected chi connectivity index (χ4v) is 2.80. The molecule has 3 aromatic rings. The van der Waals surface area contributed by atoms with Gasteiger partial charge in [0.25, 0.3) is 0 Å². The quantitative estimate of drug-likeness (QED) is 0.489. The standard InChI is InChI=1S/C18H13NO4S.Na/c19-11-13-1-3-14(4-2-13)12-23-17-7-5-15-6-8-18(24(20,21)22)10-16(15)9-17;/h1-10H,12H2,(H,20,21,22);/q;+1/p-1. The topological polar surface area (TPSA) is 90.2 Å². The maximum absolute atomic E-state index is 11.1. The van der Waals surface area contributed by atoms with Gasteiger partial charge in [0.05, 0.1) is 16.5 Å². The fraction of sp³-hybridized carbons (Fsp3) is 0.0556. The molecule has 0 fully saturated rings. The van der Waals surface area contributed by atoms with Crippen LogP contribution in [0.2, 0.25) is 0 Å². The second-order valence-electron chi connectivity index (χ2n) is 5.22. The van der Waals surface area contributed by atoms with Crippen LogP contribution < -0.4 is 34.3 Å². The molecule has 3 aromatic carbocycles. The van der Waals surface area contributed by atoms with Gasteiger partial charge in [-0.15, -0.1) is 0 Å². The van der Waals surface area contributed by atoms with Gasteiger partial charge in [0.1, 0.15) is 22.5 Å². The second-order valence-corrected chi connectivity index (χ2v) is 6.60. The molecule has 0 bridgehead atoms. The van der Waals surface area contributed by atoms with Gasteiger partial charge >= 0.3 is 29.6 Å². The third-order valence-electron chi connectivity index (χ3n) is 3.56. The molecule has 25 heavy (non-hydrogen) atoms. The Morgan fingerprint density at radius 1 is 0.960 bits per heavy atom. The molecule has 0 aliphatic rings. The largest absolute Gasteiger partial charge is 1.00 e. The fourth-order valence-electron chi connectivity index (χ4n) is 2.29. The molecule has 120 valence electrons. The van der Waals surface area contributed by atoms with Gasteiger partial charge in [-0.25, -0.2) is 8.42 Å². The van der Waals surface area contributed by atoms with Crippen LogP contribution in [0.3, 0.4) is 0 Å². The van der Waals surface area contributed by atoms with Crippen LogP contribution in [0, 0.1) is 11.3 Å². The summed E-state index contributed by atoms with van der Waals surface area (Å²) in [5, 5.41) is 10.2. The van der Waals surface area contributed by atoms with E-state index in [-0.39, 0.29) is 34.5 Å². The number of benzene rings is 3. The van der Waals surface area contributed by atoms with E-state index in [2.05, 4.69) is 6.07 Å². The van der Waals surface area contributed by atoms with Gasteiger partial charge in [0.2, 0.25) is 0 Å². The molecule has 0 aromatic heterocycles. The Kier molecular flexibility index (Phi) is 6.22. The molecule has 0 unspecified atom stereocenters. The molecule has 7 heteroatoms. The van der Waals surface area contributed by atoms with Crippen molar-refractivity contribution in [3.63, 3.8) is 0 Å². The van der Waals surface area contributed by atoms with Crippen LogP contribution >= 0.6 is 0 Å². The smallest absolute Gasteiger partial charge is 0.744 e. The molecule has 0 aliphatic heterocycles. The SMILES string of the molecule is N#Cc1ccc(COc2ccc3ccc(S(=O)(=O)[O-])cc3c2)cc1.[Na+]. The van der Waals surface area contributed by atoms with Crippen molar-refractivity contribution in [1.29, 1.82) is 5.26 Å². The number of hydrogen-bond acceptors (Lipinski definition) is 5. The van der Waals surface area contributed by atoms with E-state index >= 15 is 0 Å². The summed E-state index contributed by atoms with van der Waals surface area (Å²) in [5.74, 6) is 0.562. The molecule has 0 N–H and O–H groups in total. The Balaban J connectivity index is 0.00000225. The van der Waals surface area contributed by atoms with Crippen LogP contribution in [0.5, 0.6) is 5.75 Å². The summed E-state index contributed by atoms with van der Waals surface area (Å²) >= 11 is 0. The normalized spacial score (nSPS) is 10.7. The third-order valence-corrected chi connectivity index (χ3v) is 4.39. The zero-order valence-corrected chi connectivity index (χ0v) is 16.3. The van der Waals surface area contributed by atoms with E-state index in [1.807, 2.05) is 12.1 Å². The summed E-state index contributed by atoms with van der Waals surface area (Å²) < 4.78 is 39.0. The number of hydrogen-bond donors (Lipinski definition) is 0. The van der Waals surface area contributed by atoms with Gasteiger partial charge in [-0.2, -0.15) is 5.26 Å². The molecule has 5 nitrogen and oxygen atoms in total. The molecule has 0 amide bonds. The molecule has 0 spiro atoms. The van der Waals surface area contributed by atoms with E-state index in [1.54, 1.807) is 36.4 Å². The van der Waals surface area contributed by atoms with Crippen molar-refractivity contribution >= 4 is 20.9 Å². The first kappa shape index (κ1) is 19.4. The van der Waals surface area contributed by atoms with Crippen molar-refractivity contribution in [2.24, 2.45) is 0 Å². The number of fused-ring (bicyclic) bond motifs is 1. The van der Waals surface area contributed by atoms with Crippen molar-refractivity contribution in [3.05, 3.63) is 71.8 Å². The molecule has 0 heterocycles. The summed E-state index contributed by atoms with van der Waals surface area (Å²) in [5.41, 5.74) is 1.49. The predicted octanol–water partition coefficient (Wildman–Crippen LogP) is 0.199. The van der Waals surface area contributed by atoms with Gasteiger partial charge in [-0.3, -0.25) is 0 Å². The maximum atomic E-state index is 11.1. The van der Waals surface area contributed by atoms with Crippen molar-refractivity contribution in [2.45, 2.75) is 11.5 Å². The first-order valence-electron chi connectivity index (χ1n) is 7.07. The van der Waals surface area contributed by atoms with Crippen LogP contribution in [-0.2, 0) is 16.7 Å². The third kappa shape index (κ3) is 4.82. The second kappa shape index (κ2) is 8.00. The number of nitriles is 1. The van der Waals surface area contributed by atoms with E-state index in [9.17, 15) is 13.0 Å². The monoisotopic (exact) mass is 361 g/mol. The molecule has 0 atom stereocenters. The van der Waals surface area contributed by atoms with Gasteiger partial charge < -0.3 is 9.29 Å². The Labute approximate surface area is 167 Å². The predicted molar refractivity (Wildman–Crippen MR) is 87.4 cm³/mol. The zero-order chi connectivity index (χ0) is 17.2. The Bertz CT molecular complexity index is 1040. The number of ether oxygens (including phenoxy) is 1. The van der Waals surface area contributed by atoms with Crippen LogP contribution in [-0.4, -0.2) is 13.0 Å². The summed E-state index contributed by atoms with van der Waals surface area (Å²) in [7, 11) is -4.49. The zero-order valence-electron chi connectivity index (χ0n) is 13.5. The van der Waals surface area contributed by atoms with E-state index in [4.69, 9.17) is 10.00 Å². The van der Waals surface area contributed by atoms with Gasteiger partial charge in [0.15, 0.2) is 0 Å². The van der Waals surface area contributed by atoms with Crippen LogP contribution in [0.15, 0.2) is 65.6 Å². The first-order valence-corrected chi connectivity index (χ1v) is 8.48. The average Bonchev–Trinajstić information content (AvgIpc) is 2.59. The molecule has 0 aliphatic carbocycles. The minimum atomic E-state index is -4.49. The van der Waals surface area contributed by atoms with E-state index in [0.29, 0.717) is 23.3 Å². The minimum absolute atomic E-state index is 0. The minimum Gasteiger partial charge on any atom is -0.744 e. The summed E-state index contributed by atoms with van der Waals surface area (Å²) in [6.07, 6.45) is 0. The molecule has 3 rings (SSSR count). The summed E-state index contributed by atoms with van der Waals surface area (Å²) in [4.78, 5) is -0.265. The summed E-state index contributed by atoms with van der Waals surface area (Å²) in [6.45, 7) is 0.316. The first-order chi connectivity index (χ1) is 11.5. The van der Waals surface area contributed by atoms with Crippen molar-refractivity contribution < 1.29 is 47.3 Å². The van der Waals surface area contributed by atoms with Crippen LogP contribution in [0.1, 0.15) is 11.1 Å². The Hall–Kier alpha value is -1.88. The number of nitrogens with zero attached hydrogens (tertiary/aromatic N) is 1. The van der Waals surface area contributed by atoms with E-state index in [0.717, 1.165) is 10.9 Å².